The second-order valence-corrected chi connectivity index (χ2v) is 6.60. The van der Waals surface area contributed by atoms with Crippen LogP contribution in [0.4, 0.5) is 5.69 Å². The minimum Gasteiger partial charge on any atom is -0.495 e. The van der Waals surface area contributed by atoms with Crippen molar-refractivity contribution in [3.63, 3.8) is 0 Å². The minimum atomic E-state index is -0.641. The first-order valence-corrected chi connectivity index (χ1v) is 8.96. The summed E-state index contributed by atoms with van der Waals surface area (Å²) < 4.78 is 7.50. The van der Waals surface area contributed by atoms with Gasteiger partial charge in [-0.2, -0.15) is 0 Å². The average Bonchev–Trinajstić information content (AvgIpc) is 2.68. The summed E-state index contributed by atoms with van der Waals surface area (Å²) >= 11 is 5.91. The molecule has 0 bridgehead atoms. The zero-order valence-corrected chi connectivity index (χ0v) is 16.4. The molecule has 0 fully saturated rings. The first-order valence-electron chi connectivity index (χ1n) is 8.58. The number of carbonyl (C=O) groups excluding carboxylic acids is 1. The molecule has 0 aliphatic rings. The molecule has 0 unspecified atom stereocenters. The lowest BCUT2D eigenvalue weighted by molar-refractivity contribution is -0.116. The van der Waals surface area contributed by atoms with Gasteiger partial charge in [-0.15, -0.1) is 0 Å². The SMILES string of the molecule is CCc1cnc2c(c1OC)c(=O)n(CC(=O)Nc1cccc(Cl)c1)c(=O)n2C. The molecule has 3 aromatic rings. The van der Waals surface area contributed by atoms with Crippen molar-refractivity contribution >= 4 is 34.2 Å². The van der Waals surface area contributed by atoms with Crippen molar-refractivity contribution in [1.29, 1.82) is 0 Å². The van der Waals surface area contributed by atoms with Crippen molar-refractivity contribution < 1.29 is 9.53 Å². The number of pyridine rings is 1. The summed E-state index contributed by atoms with van der Waals surface area (Å²) in [5.41, 5.74) is 0.142. The molecular formula is C19H19ClN4O4. The van der Waals surface area contributed by atoms with E-state index < -0.39 is 23.7 Å². The van der Waals surface area contributed by atoms with Gasteiger partial charge in [0.15, 0.2) is 5.65 Å². The highest BCUT2D eigenvalue weighted by Gasteiger charge is 2.20. The Balaban J connectivity index is 2.09. The fourth-order valence-electron chi connectivity index (χ4n) is 3.00. The van der Waals surface area contributed by atoms with E-state index in [4.69, 9.17) is 16.3 Å². The number of nitrogens with one attached hydrogen (secondary N) is 1. The standard InChI is InChI=1S/C19H19ClN4O4/c1-4-11-9-21-17-15(16(11)28-3)18(26)24(19(27)23(17)2)10-14(25)22-13-7-5-6-12(20)8-13/h5-9H,4,10H2,1-3H3,(H,22,25). The lowest BCUT2D eigenvalue weighted by atomic mass is 10.1. The first-order chi connectivity index (χ1) is 13.4. The van der Waals surface area contributed by atoms with E-state index in [0.29, 0.717) is 22.9 Å². The highest BCUT2D eigenvalue weighted by Crippen LogP contribution is 2.25. The van der Waals surface area contributed by atoms with Crippen LogP contribution in [0.2, 0.25) is 5.02 Å². The summed E-state index contributed by atoms with van der Waals surface area (Å²) in [6.07, 6.45) is 2.18. The van der Waals surface area contributed by atoms with Crippen LogP contribution < -0.4 is 21.3 Å². The van der Waals surface area contributed by atoms with Crippen LogP contribution in [0.3, 0.4) is 0 Å². The summed E-state index contributed by atoms with van der Waals surface area (Å²) in [5.74, 6) is -0.170. The van der Waals surface area contributed by atoms with E-state index in [0.717, 1.165) is 10.1 Å². The highest BCUT2D eigenvalue weighted by molar-refractivity contribution is 6.30. The Morgan fingerprint density at radius 3 is 2.71 bits per heavy atom. The number of nitrogens with zero attached hydrogens (tertiary/aromatic N) is 3. The van der Waals surface area contributed by atoms with E-state index in [1.165, 1.54) is 18.7 Å². The Morgan fingerprint density at radius 2 is 2.07 bits per heavy atom. The number of benzene rings is 1. The number of halogens is 1. The Labute approximate surface area is 165 Å². The second-order valence-electron chi connectivity index (χ2n) is 6.16. The molecule has 28 heavy (non-hydrogen) atoms. The molecule has 0 spiro atoms. The summed E-state index contributed by atoms with van der Waals surface area (Å²) in [7, 11) is 2.95. The fourth-order valence-corrected chi connectivity index (χ4v) is 3.19. The molecule has 0 saturated heterocycles. The van der Waals surface area contributed by atoms with Crippen molar-refractivity contribution in [3.8, 4) is 5.75 Å². The number of amides is 1. The van der Waals surface area contributed by atoms with Gasteiger partial charge >= 0.3 is 5.69 Å². The van der Waals surface area contributed by atoms with Gasteiger partial charge in [-0.1, -0.05) is 24.6 Å². The van der Waals surface area contributed by atoms with Crippen LogP contribution >= 0.6 is 11.6 Å². The van der Waals surface area contributed by atoms with E-state index in [1.54, 1.807) is 30.5 Å². The third-order valence-electron chi connectivity index (χ3n) is 4.37. The summed E-state index contributed by atoms with van der Waals surface area (Å²) in [6, 6.07) is 6.58. The number of fused-ring (bicyclic) bond motifs is 1. The number of aryl methyl sites for hydroxylation is 2. The van der Waals surface area contributed by atoms with Crippen molar-refractivity contribution in [3.05, 3.63) is 61.9 Å². The molecular weight excluding hydrogens is 384 g/mol. The zero-order valence-electron chi connectivity index (χ0n) is 15.7. The smallest absolute Gasteiger partial charge is 0.332 e. The van der Waals surface area contributed by atoms with E-state index in [1.807, 2.05) is 6.92 Å². The maximum Gasteiger partial charge on any atom is 0.332 e. The molecule has 146 valence electrons. The normalized spacial score (nSPS) is 10.9. The van der Waals surface area contributed by atoms with Crippen molar-refractivity contribution in [1.82, 2.24) is 14.1 Å². The Bertz CT molecular complexity index is 1180. The first kappa shape index (κ1) is 19.6. The third-order valence-corrected chi connectivity index (χ3v) is 4.61. The van der Waals surface area contributed by atoms with Gasteiger partial charge in [-0.25, -0.2) is 14.3 Å². The van der Waals surface area contributed by atoms with E-state index in [9.17, 15) is 14.4 Å². The molecule has 3 rings (SSSR count). The number of ether oxygens (including phenoxy) is 1. The zero-order chi connectivity index (χ0) is 20.4. The predicted octanol–water partition coefficient (Wildman–Crippen LogP) is 1.96. The van der Waals surface area contributed by atoms with Crippen LogP contribution in [0, 0.1) is 0 Å². The number of hydrogen-bond donors (Lipinski definition) is 1. The Hall–Kier alpha value is -3.13. The second kappa shape index (κ2) is 7.85. The van der Waals surface area contributed by atoms with Crippen LogP contribution in [0.15, 0.2) is 40.1 Å². The lowest BCUT2D eigenvalue weighted by Crippen LogP contribution is -2.42. The van der Waals surface area contributed by atoms with Gasteiger partial charge in [-0.3, -0.25) is 14.2 Å². The van der Waals surface area contributed by atoms with Crippen molar-refractivity contribution in [2.45, 2.75) is 19.9 Å². The van der Waals surface area contributed by atoms with Gasteiger partial charge in [0.1, 0.15) is 17.7 Å². The number of carbonyl (C=O) groups is 1. The molecule has 2 heterocycles. The van der Waals surface area contributed by atoms with Gasteiger partial charge in [0.25, 0.3) is 5.56 Å². The number of hydrogen-bond acceptors (Lipinski definition) is 5. The highest BCUT2D eigenvalue weighted by atomic mass is 35.5. The predicted molar refractivity (Wildman–Crippen MR) is 107 cm³/mol. The van der Waals surface area contributed by atoms with Crippen LogP contribution in [0.1, 0.15) is 12.5 Å². The molecule has 1 aromatic carbocycles. The van der Waals surface area contributed by atoms with Crippen LogP contribution in [-0.2, 0) is 24.8 Å². The molecule has 0 saturated carbocycles. The fraction of sp³-hybridized carbons (Fsp3) is 0.263. The average molecular weight is 403 g/mol. The minimum absolute atomic E-state index is 0.166. The van der Waals surface area contributed by atoms with E-state index in [2.05, 4.69) is 10.3 Å². The number of anilines is 1. The Kier molecular flexibility index (Phi) is 5.51. The van der Waals surface area contributed by atoms with Crippen LogP contribution in [0.25, 0.3) is 11.0 Å². The Morgan fingerprint density at radius 1 is 1.32 bits per heavy atom. The van der Waals surface area contributed by atoms with E-state index >= 15 is 0 Å². The topological polar surface area (TPSA) is 95.2 Å². The van der Waals surface area contributed by atoms with Crippen LogP contribution in [-0.4, -0.2) is 27.1 Å². The monoisotopic (exact) mass is 402 g/mol. The lowest BCUT2D eigenvalue weighted by Gasteiger charge is -2.14. The molecule has 9 heteroatoms. The van der Waals surface area contributed by atoms with Gasteiger partial charge < -0.3 is 10.1 Å². The molecule has 0 aliphatic heterocycles. The number of methoxy groups -OCH3 is 1. The van der Waals surface area contributed by atoms with Crippen molar-refractivity contribution in [2.24, 2.45) is 7.05 Å². The third kappa shape index (κ3) is 3.50. The molecule has 0 atom stereocenters. The van der Waals surface area contributed by atoms with Gasteiger partial charge in [0.2, 0.25) is 5.91 Å². The summed E-state index contributed by atoms with van der Waals surface area (Å²) in [5, 5.41) is 3.25. The van der Waals surface area contributed by atoms with Gasteiger partial charge in [-0.05, 0) is 24.6 Å². The van der Waals surface area contributed by atoms with E-state index in [-0.39, 0.29) is 11.0 Å². The number of rotatable bonds is 5. The van der Waals surface area contributed by atoms with Gasteiger partial charge in [0.05, 0.1) is 7.11 Å². The maximum absolute atomic E-state index is 13.0. The molecule has 0 radical (unpaired) electrons. The molecule has 2 aromatic heterocycles. The molecule has 1 N–H and O–H groups in total. The summed E-state index contributed by atoms with van der Waals surface area (Å²) in [6.45, 7) is 1.46. The largest absolute Gasteiger partial charge is 0.495 e. The molecule has 8 nitrogen and oxygen atoms in total. The maximum atomic E-state index is 13.0. The summed E-state index contributed by atoms with van der Waals surface area (Å²) in [4.78, 5) is 42.3. The quantitative estimate of drug-likeness (QED) is 0.703. The van der Waals surface area contributed by atoms with Crippen LogP contribution in [0.5, 0.6) is 5.75 Å². The number of aromatic nitrogens is 3. The molecule has 1 amide bonds. The van der Waals surface area contributed by atoms with Crippen molar-refractivity contribution in [2.75, 3.05) is 12.4 Å². The molecule has 0 aliphatic carbocycles. The van der Waals surface area contributed by atoms with Gasteiger partial charge in [0, 0.05) is 29.5 Å².